The minimum Gasteiger partial charge on any atom is -0.477 e. The number of nitrogens with zero attached hydrogens (tertiary/aromatic N) is 2. The molecule has 2 heterocycles. The van der Waals surface area contributed by atoms with E-state index >= 15 is 0 Å². The number of aryl methyl sites for hydroxylation is 1. The molecule has 6 heteroatoms. The Labute approximate surface area is 125 Å². The Kier molecular flexibility index (Phi) is 3.23. The Morgan fingerprint density at radius 2 is 2.00 bits per heavy atom. The first-order chi connectivity index (χ1) is 10.1. The van der Waals surface area contributed by atoms with E-state index in [1.807, 2.05) is 31.2 Å². The fraction of sp³-hybridized carbons (Fsp3) is 0.0667. The first kappa shape index (κ1) is 13.4. The number of hydrogen-bond acceptors (Lipinski definition) is 4. The smallest absolute Gasteiger partial charge is 0.348 e. The van der Waals surface area contributed by atoms with E-state index in [0.29, 0.717) is 11.5 Å². The number of hydrogen-bond donors (Lipinski definition) is 2. The number of aromatic nitrogens is 2. The van der Waals surface area contributed by atoms with Gasteiger partial charge in [0.25, 0.3) is 0 Å². The molecule has 106 valence electrons. The fourth-order valence-corrected chi connectivity index (χ4v) is 2.79. The molecule has 2 aromatic heterocycles. The molecule has 0 unspecified atom stereocenters. The van der Waals surface area contributed by atoms with Crippen molar-refractivity contribution >= 4 is 23.1 Å². The predicted octanol–water partition coefficient (Wildman–Crippen LogP) is 3.19. The summed E-state index contributed by atoms with van der Waals surface area (Å²) < 4.78 is 1.47. The predicted molar refractivity (Wildman–Crippen MR) is 83.0 cm³/mol. The molecular weight excluding hydrogens is 286 g/mol. The summed E-state index contributed by atoms with van der Waals surface area (Å²) in [6.45, 7) is 2.02. The number of benzene rings is 1. The monoisotopic (exact) mass is 299 g/mol. The number of anilines is 1. The van der Waals surface area contributed by atoms with Crippen molar-refractivity contribution in [2.24, 2.45) is 0 Å². The maximum absolute atomic E-state index is 11.2. The third-order valence-corrected chi connectivity index (χ3v) is 4.04. The lowest BCUT2D eigenvalue weighted by molar-refractivity contribution is 0.0702. The van der Waals surface area contributed by atoms with E-state index in [1.165, 1.54) is 4.68 Å². The number of carboxylic acid groups (broad SMARTS) is 1. The third-order valence-electron chi connectivity index (χ3n) is 3.15. The fourth-order valence-electron chi connectivity index (χ4n) is 2.08. The Morgan fingerprint density at radius 1 is 1.29 bits per heavy atom. The summed E-state index contributed by atoms with van der Waals surface area (Å²) in [5.74, 6) is -0.571. The van der Waals surface area contributed by atoms with Crippen LogP contribution in [0, 0.1) is 6.92 Å². The standard InChI is InChI=1S/C15H13N3O2S/c1-9-2-4-10(5-3-9)11-8-13(16)18(17-11)12-6-7-21-14(12)15(19)20/h2-8H,16H2,1H3,(H,19,20). The van der Waals surface area contributed by atoms with Gasteiger partial charge >= 0.3 is 5.97 Å². The van der Waals surface area contributed by atoms with Crippen LogP contribution in [-0.4, -0.2) is 20.9 Å². The normalized spacial score (nSPS) is 10.7. The van der Waals surface area contributed by atoms with E-state index in [4.69, 9.17) is 5.73 Å². The molecular formula is C15H13N3O2S. The van der Waals surface area contributed by atoms with Crippen LogP contribution in [0.5, 0.6) is 0 Å². The average Bonchev–Trinajstić information content (AvgIpc) is 3.05. The zero-order valence-electron chi connectivity index (χ0n) is 11.3. The van der Waals surface area contributed by atoms with Crippen molar-refractivity contribution < 1.29 is 9.90 Å². The number of carboxylic acids is 1. The molecule has 3 N–H and O–H groups in total. The van der Waals surface area contributed by atoms with Crippen LogP contribution in [0.25, 0.3) is 16.9 Å². The maximum atomic E-state index is 11.2. The Balaban J connectivity index is 2.07. The number of thiophene rings is 1. The first-order valence-electron chi connectivity index (χ1n) is 6.30. The van der Waals surface area contributed by atoms with Crippen molar-refractivity contribution in [3.63, 3.8) is 0 Å². The first-order valence-corrected chi connectivity index (χ1v) is 7.18. The second-order valence-electron chi connectivity index (χ2n) is 4.67. The summed E-state index contributed by atoms with van der Waals surface area (Å²) in [7, 11) is 0. The molecule has 0 saturated heterocycles. The molecule has 0 aliphatic heterocycles. The van der Waals surface area contributed by atoms with Crippen LogP contribution in [-0.2, 0) is 0 Å². The largest absolute Gasteiger partial charge is 0.477 e. The van der Waals surface area contributed by atoms with Gasteiger partial charge in [-0.25, -0.2) is 9.48 Å². The molecule has 0 aliphatic rings. The molecule has 3 aromatic rings. The zero-order valence-corrected chi connectivity index (χ0v) is 12.1. The van der Waals surface area contributed by atoms with Crippen LogP contribution in [0.4, 0.5) is 5.82 Å². The lowest BCUT2D eigenvalue weighted by atomic mass is 10.1. The highest BCUT2D eigenvalue weighted by atomic mass is 32.1. The Hall–Kier alpha value is -2.60. The van der Waals surface area contributed by atoms with Crippen molar-refractivity contribution in [1.29, 1.82) is 0 Å². The van der Waals surface area contributed by atoms with Gasteiger partial charge in [0.2, 0.25) is 0 Å². The van der Waals surface area contributed by atoms with Crippen molar-refractivity contribution in [3.8, 4) is 16.9 Å². The average molecular weight is 299 g/mol. The van der Waals surface area contributed by atoms with Crippen LogP contribution in [0.3, 0.4) is 0 Å². The van der Waals surface area contributed by atoms with Gasteiger partial charge < -0.3 is 10.8 Å². The van der Waals surface area contributed by atoms with Gasteiger partial charge in [-0.2, -0.15) is 5.10 Å². The molecule has 0 aliphatic carbocycles. The van der Waals surface area contributed by atoms with Gasteiger partial charge in [0.15, 0.2) is 0 Å². The zero-order chi connectivity index (χ0) is 15.0. The van der Waals surface area contributed by atoms with E-state index in [-0.39, 0.29) is 4.88 Å². The number of nitrogen functional groups attached to an aromatic ring is 1. The van der Waals surface area contributed by atoms with E-state index in [0.717, 1.165) is 28.2 Å². The topological polar surface area (TPSA) is 81.1 Å². The van der Waals surface area contributed by atoms with Gasteiger partial charge in [-0.05, 0) is 18.4 Å². The molecule has 1 aromatic carbocycles. The van der Waals surface area contributed by atoms with Gasteiger partial charge in [-0.15, -0.1) is 11.3 Å². The summed E-state index contributed by atoms with van der Waals surface area (Å²) in [6, 6.07) is 11.4. The van der Waals surface area contributed by atoms with Crippen molar-refractivity contribution in [1.82, 2.24) is 9.78 Å². The minimum absolute atomic E-state index is 0.222. The van der Waals surface area contributed by atoms with Crippen molar-refractivity contribution in [3.05, 3.63) is 52.2 Å². The minimum atomic E-state index is -0.980. The molecule has 0 radical (unpaired) electrons. The number of aromatic carboxylic acids is 1. The van der Waals surface area contributed by atoms with E-state index < -0.39 is 5.97 Å². The van der Waals surface area contributed by atoms with E-state index in [1.54, 1.807) is 17.5 Å². The number of carbonyl (C=O) groups is 1. The van der Waals surface area contributed by atoms with Crippen molar-refractivity contribution in [2.75, 3.05) is 5.73 Å². The molecule has 0 bridgehead atoms. The van der Waals surface area contributed by atoms with Gasteiger partial charge in [-0.3, -0.25) is 0 Å². The highest BCUT2D eigenvalue weighted by Crippen LogP contribution is 2.27. The third kappa shape index (κ3) is 2.41. The highest BCUT2D eigenvalue weighted by molar-refractivity contribution is 7.12. The van der Waals surface area contributed by atoms with Crippen LogP contribution >= 0.6 is 11.3 Å². The van der Waals surface area contributed by atoms with Crippen LogP contribution < -0.4 is 5.73 Å². The quantitative estimate of drug-likeness (QED) is 0.778. The summed E-state index contributed by atoms with van der Waals surface area (Å²) in [4.78, 5) is 11.4. The SMILES string of the molecule is Cc1ccc(-c2cc(N)n(-c3ccsc3C(=O)O)n2)cc1. The summed E-state index contributed by atoms with van der Waals surface area (Å²) in [6.07, 6.45) is 0. The number of nitrogens with two attached hydrogens (primary N) is 1. The van der Waals surface area contributed by atoms with Gasteiger partial charge in [0.05, 0.1) is 11.4 Å². The molecule has 0 atom stereocenters. The molecule has 21 heavy (non-hydrogen) atoms. The molecule has 0 spiro atoms. The van der Waals surface area contributed by atoms with Crippen molar-refractivity contribution in [2.45, 2.75) is 6.92 Å². The second kappa shape index (κ2) is 5.06. The Bertz CT molecular complexity index is 803. The van der Waals surface area contributed by atoms with Crippen LogP contribution in [0.15, 0.2) is 41.8 Å². The van der Waals surface area contributed by atoms with Gasteiger partial charge in [0.1, 0.15) is 10.7 Å². The van der Waals surface area contributed by atoms with Gasteiger partial charge in [-0.1, -0.05) is 29.8 Å². The molecule has 3 rings (SSSR count). The lowest BCUT2D eigenvalue weighted by Gasteiger charge is -2.02. The van der Waals surface area contributed by atoms with E-state index in [9.17, 15) is 9.90 Å². The van der Waals surface area contributed by atoms with Crippen LogP contribution in [0.2, 0.25) is 0 Å². The maximum Gasteiger partial charge on any atom is 0.348 e. The van der Waals surface area contributed by atoms with E-state index in [2.05, 4.69) is 5.10 Å². The second-order valence-corrected chi connectivity index (χ2v) is 5.59. The Morgan fingerprint density at radius 3 is 2.67 bits per heavy atom. The molecule has 5 nitrogen and oxygen atoms in total. The van der Waals surface area contributed by atoms with Crippen LogP contribution in [0.1, 0.15) is 15.2 Å². The summed E-state index contributed by atoms with van der Waals surface area (Å²) >= 11 is 1.15. The summed E-state index contributed by atoms with van der Waals surface area (Å²) in [5, 5.41) is 15.3. The van der Waals surface area contributed by atoms with Gasteiger partial charge in [0, 0.05) is 11.6 Å². The molecule has 0 fully saturated rings. The molecule has 0 amide bonds. The highest BCUT2D eigenvalue weighted by Gasteiger charge is 2.17. The lowest BCUT2D eigenvalue weighted by Crippen LogP contribution is -2.05. The summed E-state index contributed by atoms with van der Waals surface area (Å²) in [5.41, 5.74) is 9.29. The number of rotatable bonds is 3. The molecule has 0 saturated carbocycles.